The average Bonchev–Trinajstić information content (AvgIpc) is 2.40. The van der Waals surface area contributed by atoms with Crippen LogP contribution in [-0.4, -0.2) is 42.6 Å². The number of carbonyl (C=O) groups is 2. The summed E-state index contributed by atoms with van der Waals surface area (Å²) in [7, 11) is 0. The Morgan fingerprint density at radius 1 is 1.32 bits per heavy atom. The van der Waals surface area contributed by atoms with Crippen molar-refractivity contribution in [3.63, 3.8) is 0 Å². The Morgan fingerprint density at radius 2 is 2.00 bits per heavy atom. The van der Waals surface area contributed by atoms with Gasteiger partial charge < -0.3 is 15.0 Å². The zero-order valence-corrected chi connectivity index (χ0v) is 11.6. The summed E-state index contributed by atoms with van der Waals surface area (Å²) in [6.07, 6.45) is 8.16. The van der Waals surface area contributed by atoms with Gasteiger partial charge in [0.25, 0.3) is 0 Å². The lowest BCUT2D eigenvalue weighted by molar-refractivity contribution is -0.117. The molecule has 1 aliphatic heterocycles. The van der Waals surface area contributed by atoms with Crippen molar-refractivity contribution >= 4 is 12.0 Å². The van der Waals surface area contributed by atoms with Crippen LogP contribution in [0.15, 0.2) is 24.3 Å². The Labute approximate surface area is 114 Å². The van der Waals surface area contributed by atoms with Gasteiger partial charge in [-0.2, -0.15) is 0 Å². The van der Waals surface area contributed by atoms with Gasteiger partial charge in [0.05, 0.1) is 6.61 Å². The molecule has 106 valence electrons. The number of hydrogen-bond acceptors (Lipinski definition) is 3. The number of nitrogens with one attached hydrogen (secondary N) is 1. The number of nitrogens with zero attached hydrogens (tertiary/aromatic N) is 1. The average molecular weight is 266 g/mol. The van der Waals surface area contributed by atoms with Gasteiger partial charge in [0.1, 0.15) is 0 Å². The highest BCUT2D eigenvalue weighted by molar-refractivity contribution is 5.88. The highest BCUT2D eigenvalue weighted by Gasteiger charge is 2.23. The van der Waals surface area contributed by atoms with Gasteiger partial charge in [0.15, 0.2) is 0 Å². The van der Waals surface area contributed by atoms with Crippen LogP contribution in [0.3, 0.4) is 0 Å². The summed E-state index contributed by atoms with van der Waals surface area (Å²) in [6, 6.07) is 0.133. The third-order valence-corrected chi connectivity index (χ3v) is 2.92. The molecule has 0 aromatic rings. The molecule has 0 spiro atoms. The van der Waals surface area contributed by atoms with Gasteiger partial charge in [-0.05, 0) is 26.7 Å². The first-order valence-corrected chi connectivity index (χ1v) is 6.69. The second-order valence-electron chi connectivity index (χ2n) is 4.35. The smallest absolute Gasteiger partial charge is 0.409 e. The van der Waals surface area contributed by atoms with Crippen LogP contribution in [0.25, 0.3) is 0 Å². The predicted molar refractivity (Wildman–Crippen MR) is 73.7 cm³/mol. The molecule has 1 saturated heterocycles. The summed E-state index contributed by atoms with van der Waals surface area (Å²) in [5.41, 5.74) is 0. The highest BCUT2D eigenvalue weighted by Crippen LogP contribution is 2.11. The van der Waals surface area contributed by atoms with Gasteiger partial charge in [-0.3, -0.25) is 4.79 Å². The summed E-state index contributed by atoms with van der Waals surface area (Å²) < 4.78 is 4.94. The van der Waals surface area contributed by atoms with Crippen molar-refractivity contribution < 1.29 is 14.3 Å². The lowest BCUT2D eigenvalue weighted by atomic mass is 10.1. The van der Waals surface area contributed by atoms with Gasteiger partial charge in [0.2, 0.25) is 5.91 Å². The van der Waals surface area contributed by atoms with Gasteiger partial charge >= 0.3 is 6.09 Å². The first-order chi connectivity index (χ1) is 9.17. The number of allylic oxidation sites excluding steroid dienone is 3. The summed E-state index contributed by atoms with van der Waals surface area (Å²) in [6.45, 7) is 5.34. The fourth-order valence-electron chi connectivity index (χ4n) is 1.92. The molecule has 0 unspecified atom stereocenters. The molecular formula is C14H22N2O3. The maximum atomic E-state index is 11.6. The van der Waals surface area contributed by atoms with Crippen LogP contribution >= 0.6 is 0 Å². The molecule has 0 bridgehead atoms. The highest BCUT2D eigenvalue weighted by atomic mass is 16.6. The van der Waals surface area contributed by atoms with Gasteiger partial charge in [-0.1, -0.05) is 18.2 Å². The Balaban J connectivity index is 2.30. The first kappa shape index (κ1) is 15.3. The molecule has 5 nitrogen and oxygen atoms in total. The third-order valence-electron chi connectivity index (χ3n) is 2.92. The second-order valence-corrected chi connectivity index (χ2v) is 4.35. The normalized spacial score (nSPS) is 17.1. The number of likely N-dealkylation sites (tertiary alicyclic amines) is 1. The van der Waals surface area contributed by atoms with Crippen molar-refractivity contribution in [2.45, 2.75) is 32.7 Å². The van der Waals surface area contributed by atoms with Crippen molar-refractivity contribution in [2.75, 3.05) is 19.7 Å². The minimum atomic E-state index is -0.264. The molecule has 0 atom stereocenters. The molecule has 2 amide bonds. The molecule has 0 aromatic heterocycles. The summed E-state index contributed by atoms with van der Waals surface area (Å²) in [4.78, 5) is 24.7. The standard InChI is InChI=1S/C14H22N2O3/c1-3-5-6-7-13(17)15-12-8-10-16(11-9-12)14(18)19-4-2/h3,5-7,12H,4,8-11H2,1-2H3,(H,15,17)/b5-3+,7-6+. The molecule has 1 N–H and O–H groups in total. The minimum Gasteiger partial charge on any atom is -0.450 e. The summed E-state index contributed by atoms with van der Waals surface area (Å²) in [5.74, 6) is -0.0901. The topological polar surface area (TPSA) is 58.6 Å². The van der Waals surface area contributed by atoms with E-state index in [0.717, 1.165) is 12.8 Å². The van der Waals surface area contributed by atoms with E-state index in [-0.39, 0.29) is 18.0 Å². The SMILES string of the molecule is C/C=C/C=C/C(=O)NC1CCN(C(=O)OCC)CC1. The van der Waals surface area contributed by atoms with E-state index in [1.54, 1.807) is 17.9 Å². The molecule has 19 heavy (non-hydrogen) atoms. The number of ether oxygens (including phenoxy) is 1. The summed E-state index contributed by atoms with van der Waals surface area (Å²) >= 11 is 0. The van der Waals surface area contributed by atoms with Crippen LogP contribution in [0, 0.1) is 0 Å². The van der Waals surface area contributed by atoms with E-state index in [4.69, 9.17) is 4.74 Å². The molecule has 0 aliphatic carbocycles. The number of piperidine rings is 1. The molecule has 1 fully saturated rings. The molecule has 1 heterocycles. The summed E-state index contributed by atoms with van der Waals surface area (Å²) in [5, 5.41) is 2.93. The Hall–Kier alpha value is -1.78. The first-order valence-electron chi connectivity index (χ1n) is 6.69. The zero-order chi connectivity index (χ0) is 14.1. The molecular weight excluding hydrogens is 244 g/mol. The van der Waals surface area contributed by atoms with Gasteiger partial charge in [-0.25, -0.2) is 4.79 Å². The quantitative estimate of drug-likeness (QED) is 0.624. The van der Waals surface area contributed by atoms with Crippen molar-refractivity contribution in [2.24, 2.45) is 0 Å². The minimum absolute atomic E-state index is 0.0901. The molecule has 1 rings (SSSR count). The van der Waals surface area contributed by atoms with E-state index in [9.17, 15) is 9.59 Å². The van der Waals surface area contributed by atoms with Crippen molar-refractivity contribution in [1.29, 1.82) is 0 Å². The maximum Gasteiger partial charge on any atom is 0.409 e. The zero-order valence-electron chi connectivity index (χ0n) is 11.6. The molecule has 0 radical (unpaired) electrons. The number of amides is 2. The Morgan fingerprint density at radius 3 is 2.58 bits per heavy atom. The van der Waals surface area contributed by atoms with Crippen LogP contribution in [0.2, 0.25) is 0 Å². The molecule has 0 aromatic carbocycles. The van der Waals surface area contributed by atoms with E-state index in [1.807, 2.05) is 19.1 Å². The predicted octanol–water partition coefficient (Wildman–Crippen LogP) is 1.86. The van der Waals surface area contributed by atoms with Crippen molar-refractivity contribution in [3.05, 3.63) is 24.3 Å². The Kier molecular flexibility index (Phi) is 6.71. The van der Waals surface area contributed by atoms with Gasteiger partial charge in [0, 0.05) is 25.2 Å². The lowest BCUT2D eigenvalue weighted by Crippen LogP contribution is -2.46. The van der Waals surface area contributed by atoms with Crippen LogP contribution in [0.1, 0.15) is 26.7 Å². The van der Waals surface area contributed by atoms with E-state index in [2.05, 4.69) is 5.32 Å². The fraction of sp³-hybridized carbons (Fsp3) is 0.571. The third kappa shape index (κ3) is 5.59. The van der Waals surface area contributed by atoms with E-state index < -0.39 is 0 Å². The van der Waals surface area contributed by atoms with Crippen molar-refractivity contribution in [3.8, 4) is 0 Å². The van der Waals surface area contributed by atoms with Crippen LogP contribution < -0.4 is 5.32 Å². The van der Waals surface area contributed by atoms with Crippen molar-refractivity contribution in [1.82, 2.24) is 10.2 Å². The second kappa shape index (κ2) is 8.34. The lowest BCUT2D eigenvalue weighted by Gasteiger charge is -2.31. The maximum absolute atomic E-state index is 11.6. The molecule has 5 heteroatoms. The fourth-order valence-corrected chi connectivity index (χ4v) is 1.92. The van der Waals surface area contributed by atoms with E-state index in [0.29, 0.717) is 19.7 Å². The largest absolute Gasteiger partial charge is 0.450 e. The van der Waals surface area contributed by atoms with E-state index in [1.165, 1.54) is 6.08 Å². The number of carbonyl (C=O) groups excluding carboxylic acids is 2. The van der Waals surface area contributed by atoms with Crippen LogP contribution in [-0.2, 0) is 9.53 Å². The molecule has 1 aliphatic rings. The van der Waals surface area contributed by atoms with Crippen LogP contribution in [0.4, 0.5) is 4.79 Å². The number of hydrogen-bond donors (Lipinski definition) is 1. The Bertz CT molecular complexity index is 356. The monoisotopic (exact) mass is 266 g/mol. The molecule has 0 saturated carbocycles. The van der Waals surface area contributed by atoms with E-state index >= 15 is 0 Å². The number of rotatable bonds is 4. The van der Waals surface area contributed by atoms with Crippen LogP contribution in [0.5, 0.6) is 0 Å². The van der Waals surface area contributed by atoms with Gasteiger partial charge in [-0.15, -0.1) is 0 Å².